The van der Waals surface area contributed by atoms with Crippen LogP contribution in [0.3, 0.4) is 0 Å². The van der Waals surface area contributed by atoms with Gasteiger partial charge in [-0.3, -0.25) is 4.90 Å². The Morgan fingerprint density at radius 3 is 2.82 bits per heavy atom. The summed E-state index contributed by atoms with van der Waals surface area (Å²) in [6, 6.07) is 6.88. The highest BCUT2D eigenvalue weighted by molar-refractivity contribution is 5.37. The van der Waals surface area contributed by atoms with E-state index in [-0.39, 0.29) is 0 Å². The van der Waals surface area contributed by atoms with E-state index in [2.05, 4.69) is 42.7 Å². The molecule has 1 fully saturated rings. The van der Waals surface area contributed by atoms with E-state index in [1.54, 1.807) is 16.7 Å². The Labute approximate surface area is 137 Å². The average Bonchev–Trinajstić information content (AvgIpc) is 3.03. The summed E-state index contributed by atoms with van der Waals surface area (Å²) in [6.07, 6.45) is 8.76. The molecule has 0 bridgehead atoms. The third-order valence-electron chi connectivity index (χ3n) is 5.34. The first kappa shape index (κ1) is 17.3. The number of benzene rings is 1. The first-order chi connectivity index (χ1) is 10.8. The van der Waals surface area contributed by atoms with Gasteiger partial charge in [0.15, 0.2) is 0 Å². The lowest BCUT2D eigenvalue weighted by Gasteiger charge is -2.33. The van der Waals surface area contributed by atoms with Crippen LogP contribution < -0.4 is 0 Å². The van der Waals surface area contributed by atoms with Crippen LogP contribution in [0.2, 0.25) is 0 Å². The second-order valence-electron chi connectivity index (χ2n) is 6.48. The zero-order valence-corrected chi connectivity index (χ0v) is 14.8. The molecule has 1 aromatic carbocycles. The van der Waals surface area contributed by atoms with Crippen molar-refractivity contribution in [3.63, 3.8) is 0 Å². The Balaban J connectivity index is 0.000000847. The topological polar surface area (TPSA) is 3.24 Å². The minimum atomic E-state index is 0.762. The van der Waals surface area contributed by atoms with Crippen molar-refractivity contribution in [2.24, 2.45) is 11.8 Å². The highest BCUT2D eigenvalue weighted by atomic mass is 15.1. The third kappa shape index (κ3) is 3.81. The minimum Gasteiger partial charge on any atom is -0.298 e. The van der Waals surface area contributed by atoms with Gasteiger partial charge in [-0.05, 0) is 54.2 Å². The number of fused-ring (bicyclic) bond motifs is 1. The molecule has 2 unspecified atom stereocenters. The summed E-state index contributed by atoms with van der Waals surface area (Å²) in [5, 5.41) is 0. The van der Waals surface area contributed by atoms with Crippen LogP contribution in [0.5, 0.6) is 0 Å². The second kappa shape index (κ2) is 8.53. The number of aryl methyl sites for hydroxylation is 1. The molecule has 22 heavy (non-hydrogen) atoms. The normalized spacial score (nSPS) is 24.3. The van der Waals surface area contributed by atoms with Crippen LogP contribution in [0.15, 0.2) is 30.9 Å². The van der Waals surface area contributed by atoms with Crippen molar-refractivity contribution in [3.05, 3.63) is 47.5 Å². The molecule has 0 spiro atoms. The van der Waals surface area contributed by atoms with Crippen molar-refractivity contribution < 1.29 is 0 Å². The Morgan fingerprint density at radius 2 is 2.09 bits per heavy atom. The van der Waals surface area contributed by atoms with Crippen LogP contribution in [0, 0.1) is 11.8 Å². The zero-order valence-electron chi connectivity index (χ0n) is 14.8. The highest BCUT2D eigenvalue weighted by Gasteiger charge is 2.28. The predicted molar refractivity (Wildman–Crippen MR) is 97.2 cm³/mol. The molecule has 1 aliphatic carbocycles. The van der Waals surface area contributed by atoms with Crippen LogP contribution in [-0.2, 0) is 19.4 Å². The van der Waals surface area contributed by atoms with Gasteiger partial charge in [-0.25, -0.2) is 0 Å². The fourth-order valence-electron chi connectivity index (χ4n) is 4.17. The standard InChI is InChI=1S/C19H27N.C2H6/c1-3-15-7-5-9-17(15)13-20-12-11-19-16(4-2)8-6-10-18(19)14-20;1-2/h3,6,8,10,15,17H,1,4-5,7,9,11-14H2,2H3;1-2H3. The molecule has 2 atom stereocenters. The van der Waals surface area contributed by atoms with E-state index < -0.39 is 0 Å². The van der Waals surface area contributed by atoms with Crippen molar-refractivity contribution in [1.29, 1.82) is 0 Å². The quantitative estimate of drug-likeness (QED) is 0.688. The number of hydrogen-bond acceptors (Lipinski definition) is 1. The van der Waals surface area contributed by atoms with E-state index in [1.807, 2.05) is 13.8 Å². The van der Waals surface area contributed by atoms with Gasteiger partial charge >= 0.3 is 0 Å². The van der Waals surface area contributed by atoms with Gasteiger partial charge in [0.25, 0.3) is 0 Å². The second-order valence-corrected chi connectivity index (χ2v) is 6.48. The molecular formula is C21H33N. The summed E-state index contributed by atoms with van der Waals surface area (Å²) in [7, 11) is 0. The van der Waals surface area contributed by atoms with Crippen LogP contribution in [-0.4, -0.2) is 18.0 Å². The molecule has 0 saturated heterocycles. The van der Waals surface area contributed by atoms with Gasteiger partial charge in [0.1, 0.15) is 0 Å². The highest BCUT2D eigenvalue weighted by Crippen LogP contribution is 2.34. The molecule has 0 aromatic heterocycles. The Morgan fingerprint density at radius 1 is 1.27 bits per heavy atom. The van der Waals surface area contributed by atoms with E-state index in [0.717, 1.165) is 18.4 Å². The lowest BCUT2D eigenvalue weighted by atomic mass is 9.91. The first-order valence-corrected chi connectivity index (χ1v) is 9.26. The summed E-state index contributed by atoms with van der Waals surface area (Å²) in [5.41, 5.74) is 4.77. The molecule has 1 saturated carbocycles. The van der Waals surface area contributed by atoms with Crippen molar-refractivity contribution in [2.45, 2.75) is 59.4 Å². The van der Waals surface area contributed by atoms with E-state index in [9.17, 15) is 0 Å². The maximum absolute atomic E-state index is 4.03. The monoisotopic (exact) mass is 299 g/mol. The SMILES string of the molecule is C=CC1CCCC1CN1CCc2c(CC)cccc2C1.CC. The van der Waals surface area contributed by atoms with Crippen molar-refractivity contribution in [1.82, 2.24) is 4.90 Å². The molecule has 1 nitrogen and oxygen atoms in total. The minimum absolute atomic E-state index is 0.762. The van der Waals surface area contributed by atoms with Gasteiger partial charge in [-0.15, -0.1) is 6.58 Å². The third-order valence-corrected chi connectivity index (χ3v) is 5.34. The molecule has 0 radical (unpaired) electrons. The first-order valence-electron chi connectivity index (χ1n) is 9.26. The van der Waals surface area contributed by atoms with Gasteiger partial charge in [-0.2, -0.15) is 0 Å². The van der Waals surface area contributed by atoms with Gasteiger partial charge in [0, 0.05) is 19.6 Å². The zero-order chi connectivity index (χ0) is 15.9. The number of hydrogen-bond donors (Lipinski definition) is 0. The van der Waals surface area contributed by atoms with Crippen LogP contribution in [0.25, 0.3) is 0 Å². The number of nitrogens with zero attached hydrogens (tertiary/aromatic N) is 1. The van der Waals surface area contributed by atoms with E-state index in [0.29, 0.717) is 0 Å². The predicted octanol–water partition coefficient (Wildman–Crippen LogP) is 5.24. The van der Waals surface area contributed by atoms with Crippen LogP contribution in [0.4, 0.5) is 0 Å². The Hall–Kier alpha value is -1.08. The fourth-order valence-corrected chi connectivity index (χ4v) is 4.17. The molecule has 3 rings (SSSR count). The van der Waals surface area contributed by atoms with E-state index in [4.69, 9.17) is 0 Å². The molecule has 0 amide bonds. The van der Waals surface area contributed by atoms with Crippen molar-refractivity contribution >= 4 is 0 Å². The van der Waals surface area contributed by atoms with Gasteiger partial charge in [0.2, 0.25) is 0 Å². The summed E-state index contributed by atoms with van der Waals surface area (Å²) in [5.74, 6) is 1.61. The van der Waals surface area contributed by atoms with Gasteiger partial charge < -0.3 is 0 Å². The summed E-state index contributed by atoms with van der Waals surface area (Å²) in [4.78, 5) is 2.67. The van der Waals surface area contributed by atoms with E-state index >= 15 is 0 Å². The molecule has 2 aliphatic rings. The van der Waals surface area contributed by atoms with Gasteiger partial charge in [0.05, 0.1) is 0 Å². The summed E-state index contributed by atoms with van der Waals surface area (Å²) >= 11 is 0. The van der Waals surface area contributed by atoms with Crippen molar-refractivity contribution in [2.75, 3.05) is 13.1 Å². The molecule has 1 aromatic rings. The summed E-state index contributed by atoms with van der Waals surface area (Å²) < 4.78 is 0. The molecule has 1 aliphatic heterocycles. The Bertz CT molecular complexity index is 477. The molecule has 122 valence electrons. The van der Waals surface area contributed by atoms with Crippen LogP contribution in [0.1, 0.15) is 56.7 Å². The molecule has 1 heteroatoms. The lowest BCUT2D eigenvalue weighted by molar-refractivity contribution is 0.201. The average molecular weight is 300 g/mol. The van der Waals surface area contributed by atoms with E-state index in [1.165, 1.54) is 45.2 Å². The molecule has 1 heterocycles. The van der Waals surface area contributed by atoms with Crippen LogP contribution >= 0.6 is 0 Å². The maximum atomic E-state index is 4.03. The molecule has 0 N–H and O–H groups in total. The lowest BCUT2D eigenvalue weighted by Crippen LogP contribution is -2.35. The maximum Gasteiger partial charge on any atom is 0.0236 e. The summed E-state index contributed by atoms with van der Waals surface area (Å²) in [6.45, 7) is 14.0. The Kier molecular flexibility index (Phi) is 6.70. The number of allylic oxidation sites excluding steroid dienone is 1. The number of rotatable bonds is 4. The van der Waals surface area contributed by atoms with Gasteiger partial charge in [-0.1, -0.05) is 51.5 Å². The fraction of sp³-hybridized carbons (Fsp3) is 0.619. The smallest absolute Gasteiger partial charge is 0.0236 e. The largest absolute Gasteiger partial charge is 0.298 e. The molecular weight excluding hydrogens is 266 g/mol. The van der Waals surface area contributed by atoms with Crippen molar-refractivity contribution in [3.8, 4) is 0 Å².